The van der Waals surface area contributed by atoms with Crippen LogP contribution < -0.4 is 0 Å². The third-order valence-corrected chi connectivity index (χ3v) is 17.4. The molecule has 0 unspecified atom stereocenters. The van der Waals surface area contributed by atoms with Crippen LogP contribution in [0.25, 0.3) is 88.3 Å². The van der Waals surface area contributed by atoms with Gasteiger partial charge in [-0.3, -0.25) is 0 Å². The van der Waals surface area contributed by atoms with E-state index in [1.165, 1.54) is 122 Å². The third-order valence-electron chi connectivity index (χ3n) is 17.4. The van der Waals surface area contributed by atoms with E-state index in [9.17, 15) is 0 Å². The smallest absolute Gasteiger partial charge is 0.0210 e. The fraction of sp³-hybridized carbons (Fsp3) is 0.231. The average molecular weight is 839 g/mol. The quantitative estimate of drug-likeness (QED) is 0.127. The van der Waals surface area contributed by atoms with Crippen molar-refractivity contribution in [2.24, 2.45) is 0 Å². The molecule has 0 aliphatic heterocycles. The highest BCUT2D eigenvalue weighted by Crippen LogP contribution is 2.58. The fourth-order valence-corrected chi connectivity index (χ4v) is 13.9. The Hall–Kier alpha value is -6.50. The van der Waals surface area contributed by atoms with Gasteiger partial charge < -0.3 is 0 Å². The van der Waals surface area contributed by atoms with Crippen molar-refractivity contribution in [2.75, 3.05) is 0 Å². The lowest BCUT2D eigenvalue weighted by Gasteiger charge is -2.31. The van der Waals surface area contributed by atoms with Crippen LogP contribution in [0.1, 0.15) is 113 Å². The Morgan fingerprint density at radius 3 is 0.815 bits per heavy atom. The van der Waals surface area contributed by atoms with E-state index < -0.39 is 0 Å². The van der Waals surface area contributed by atoms with Gasteiger partial charge in [0.2, 0.25) is 0 Å². The number of rotatable bonds is 9. The molecule has 12 rings (SSSR count). The molecule has 0 fully saturated rings. The van der Waals surface area contributed by atoms with Crippen LogP contribution in [-0.2, 0) is 16.2 Å². The van der Waals surface area contributed by atoms with Crippen LogP contribution in [-0.4, -0.2) is 0 Å². The summed E-state index contributed by atoms with van der Waals surface area (Å²) in [5.41, 5.74) is 25.2. The number of hydrogen-bond donors (Lipinski definition) is 0. The van der Waals surface area contributed by atoms with E-state index in [1.54, 1.807) is 0 Å². The topological polar surface area (TPSA) is 0 Å². The monoisotopic (exact) mass is 838 g/mol. The Kier molecular flexibility index (Phi) is 9.10. The molecule has 0 atom stereocenters. The highest BCUT2D eigenvalue weighted by molar-refractivity contribution is 6.21. The maximum atomic E-state index is 2.59. The van der Waals surface area contributed by atoms with Crippen LogP contribution in [0.4, 0.5) is 0 Å². The van der Waals surface area contributed by atoms with Crippen LogP contribution in [0.3, 0.4) is 0 Å². The van der Waals surface area contributed by atoms with Gasteiger partial charge in [0, 0.05) is 16.2 Å². The van der Waals surface area contributed by atoms with Gasteiger partial charge in [0.15, 0.2) is 0 Å². The van der Waals surface area contributed by atoms with E-state index in [1.807, 2.05) is 0 Å². The van der Waals surface area contributed by atoms with Crippen LogP contribution in [0.2, 0.25) is 0 Å². The first-order chi connectivity index (χ1) is 31.9. The van der Waals surface area contributed by atoms with Crippen molar-refractivity contribution in [3.63, 3.8) is 0 Å². The second-order valence-corrected chi connectivity index (χ2v) is 19.3. The molecule has 9 aromatic rings. The minimum absolute atomic E-state index is 0.0189. The van der Waals surface area contributed by atoms with Crippen molar-refractivity contribution in [1.82, 2.24) is 0 Å². The summed E-state index contributed by atoms with van der Waals surface area (Å²) in [7, 11) is 0. The summed E-state index contributed by atoms with van der Waals surface area (Å²) in [5.74, 6) is 0. The molecule has 0 N–H and O–H groups in total. The minimum Gasteiger partial charge on any atom is -0.0642 e. The maximum absolute atomic E-state index is 2.59. The van der Waals surface area contributed by atoms with Crippen molar-refractivity contribution < 1.29 is 0 Å². The van der Waals surface area contributed by atoms with Gasteiger partial charge in [-0.25, -0.2) is 0 Å². The van der Waals surface area contributed by atoms with Crippen molar-refractivity contribution in [3.8, 4) is 66.8 Å². The highest BCUT2D eigenvalue weighted by Gasteiger charge is 2.43. The van der Waals surface area contributed by atoms with Gasteiger partial charge in [-0.05, 0) is 184 Å². The number of hydrogen-bond acceptors (Lipinski definition) is 0. The van der Waals surface area contributed by atoms with E-state index in [-0.39, 0.29) is 16.2 Å². The van der Waals surface area contributed by atoms with E-state index >= 15 is 0 Å². The summed E-state index contributed by atoms with van der Waals surface area (Å²) in [6, 6.07) is 66.2. The zero-order chi connectivity index (χ0) is 44.2. The summed E-state index contributed by atoms with van der Waals surface area (Å²) in [6.07, 6.45) is 6.46. The molecule has 0 saturated carbocycles. The first-order valence-electron chi connectivity index (χ1n) is 24.6. The average Bonchev–Trinajstić information content (AvgIpc) is 3.93. The highest BCUT2D eigenvalue weighted by atomic mass is 14.5. The summed E-state index contributed by atoms with van der Waals surface area (Å²) < 4.78 is 0. The Labute approximate surface area is 386 Å². The maximum Gasteiger partial charge on any atom is 0.0210 e. The van der Waals surface area contributed by atoms with Crippen molar-refractivity contribution >= 4 is 21.5 Å². The molecule has 65 heavy (non-hydrogen) atoms. The van der Waals surface area contributed by atoms with Crippen LogP contribution in [0.5, 0.6) is 0 Å². The van der Waals surface area contributed by atoms with Gasteiger partial charge >= 0.3 is 0 Å². The van der Waals surface area contributed by atoms with Crippen molar-refractivity contribution in [3.05, 3.63) is 203 Å². The third kappa shape index (κ3) is 5.26. The van der Waals surface area contributed by atoms with E-state index in [0.29, 0.717) is 0 Å². The molecule has 0 heteroatoms. The Morgan fingerprint density at radius 2 is 0.492 bits per heavy atom. The zero-order valence-corrected chi connectivity index (χ0v) is 38.9. The molecule has 0 spiro atoms. The summed E-state index contributed by atoms with van der Waals surface area (Å²) in [4.78, 5) is 0. The predicted octanol–water partition coefficient (Wildman–Crippen LogP) is 18.3. The largest absolute Gasteiger partial charge is 0.0642 e. The molecular weight excluding hydrogens is 781 g/mol. The lowest BCUT2D eigenvalue weighted by molar-refractivity contribution is 0.490. The molecule has 0 saturated heterocycles. The first-order valence-corrected chi connectivity index (χ1v) is 24.6. The van der Waals surface area contributed by atoms with Gasteiger partial charge in [-0.15, -0.1) is 0 Å². The van der Waals surface area contributed by atoms with Gasteiger partial charge in [-0.1, -0.05) is 187 Å². The van der Waals surface area contributed by atoms with Gasteiger partial charge in [0.25, 0.3) is 0 Å². The molecule has 318 valence electrons. The summed E-state index contributed by atoms with van der Waals surface area (Å²) in [6.45, 7) is 14.3. The van der Waals surface area contributed by atoms with Crippen LogP contribution in [0.15, 0.2) is 170 Å². The van der Waals surface area contributed by atoms with E-state index in [4.69, 9.17) is 0 Å². The van der Waals surface area contributed by atoms with Crippen LogP contribution in [0, 0.1) is 0 Å². The predicted molar refractivity (Wildman–Crippen MR) is 278 cm³/mol. The van der Waals surface area contributed by atoms with Gasteiger partial charge in [-0.2, -0.15) is 0 Å². The van der Waals surface area contributed by atoms with E-state index in [2.05, 4.69) is 211 Å². The normalized spacial score (nSPS) is 15.4. The first kappa shape index (κ1) is 40.0. The molecule has 0 bridgehead atoms. The second-order valence-electron chi connectivity index (χ2n) is 19.3. The lowest BCUT2D eigenvalue weighted by Crippen LogP contribution is -2.23. The molecule has 0 amide bonds. The lowest BCUT2D eigenvalue weighted by atomic mass is 9.72. The molecule has 0 nitrogen and oxygen atoms in total. The minimum atomic E-state index is -0.0845. The number of benzene rings is 9. The molecule has 0 aromatic heterocycles. The molecule has 3 aliphatic carbocycles. The molecular formula is C65H58. The van der Waals surface area contributed by atoms with Crippen LogP contribution >= 0.6 is 0 Å². The molecule has 9 aromatic carbocycles. The Balaban J connectivity index is 1.00. The number of fused-ring (bicyclic) bond motifs is 11. The van der Waals surface area contributed by atoms with Crippen molar-refractivity contribution in [1.29, 1.82) is 0 Å². The SMILES string of the molecule is CCC1(CC)c2ccccc2-c2ccc(-c3ccc4c(c3)C(CC)(CC)c3cc(-c5c6ccccc6c(-c6ccc7c(c6)C(CC)(CC)c6ccccc6-7)c6ccccc56)ccc3-4)cc21. The van der Waals surface area contributed by atoms with Gasteiger partial charge in [0.1, 0.15) is 0 Å². The summed E-state index contributed by atoms with van der Waals surface area (Å²) >= 11 is 0. The second kappa shape index (κ2) is 14.8. The zero-order valence-electron chi connectivity index (χ0n) is 38.9. The fourth-order valence-electron chi connectivity index (χ4n) is 13.9. The Bertz CT molecular complexity index is 3340. The van der Waals surface area contributed by atoms with Gasteiger partial charge in [0.05, 0.1) is 0 Å². The standard InChI is InChI=1S/C65H58/c1-7-63(8-2)55-27-19-17-21-45(55)47-33-29-41(37-57(47)63)42-30-34-49-50-36-32-44(40-60(50)65(11-5,12-6)58(49)38-42)62-53-25-15-13-23-51(53)61(52-24-14-16-26-54(52)62)43-31-35-48-46-22-18-20-28-56(46)64(9-3,10-4)59(48)39-43/h13-40H,7-12H2,1-6H3. The molecule has 3 aliphatic rings. The van der Waals surface area contributed by atoms with Crippen molar-refractivity contribution in [2.45, 2.75) is 96.3 Å². The Morgan fingerprint density at radius 1 is 0.246 bits per heavy atom. The summed E-state index contributed by atoms with van der Waals surface area (Å²) in [5, 5.41) is 5.25. The van der Waals surface area contributed by atoms with E-state index in [0.717, 1.165) is 38.5 Å². The molecule has 0 heterocycles. The molecule has 0 radical (unpaired) electrons.